The van der Waals surface area contributed by atoms with Crippen molar-refractivity contribution in [3.63, 3.8) is 0 Å². The van der Waals surface area contributed by atoms with E-state index >= 15 is 0 Å². The second-order valence-electron chi connectivity index (χ2n) is 3.38. The molecule has 0 saturated heterocycles. The minimum atomic E-state index is 0.0789. The molecule has 1 aliphatic rings. The van der Waals surface area contributed by atoms with Crippen LogP contribution in [0.15, 0.2) is 35.5 Å². The molecule has 1 aromatic rings. The standard InChI is InChI=1S/C11H13NO2/c1-9-7-11(14-12-9)8-13-10-5-3-2-4-6-10/h2-6,11H,7-8H2,1H3. The van der Waals surface area contributed by atoms with Gasteiger partial charge in [-0.2, -0.15) is 0 Å². The van der Waals surface area contributed by atoms with Crippen LogP contribution in [0.1, 0.15) is 13.3 Å². The summed E-state index contributed by atoms with van der Waals surface area (Å²) in [5.41, 5.74) is 1.03. The van der Waals surface area contributed by atoms with E-state index in [1.165, 1.54) is 0 Å². The smallest absolute Gasteiger partial charge is 0.166 e. The molecule has 0 fully saturated rings. The first-order valence-corrected chi connectivity index (χ1v) is 4.72. The third-order valence-electron chi connectivity index (χ3n) is 2.06. The molecule has 1 atom stereocenters. The number of benzene rings is 1. The van der Waals surface area contributed by atoms with Gasteiger partial charge in [-0.1, -0.05) is 23.4 Å². The third kappa shape index (κ3) is 2.25. The summed E-state index contributed by atoms with van der Waals surface area (Å²) in [5.74, 6) is 0.876. The van der Waals surface area contributed by atoms with Crippen LogP contribution < -0.4 is 4.74 Å². The van der Waals surface area contributed by atoms with Crippen molar-refractivity contribution < 1.29 is 9.57 Å². The number of ether oxygens (including phenoxy) is 1. The average molecular weight is 191 g/mol. The lowest BCUT2D eigenvalue weighted by molar-refractivity contribution is 0.0471. The number of rotatable bonds is 3. The van der Waals surface area contributed by atoms with E-state index in [9.17, 15) is 0 Å². The first kappa shape index (κ1) is 9.06. The molecule has 0 amide bonds. The van der Waals surface area contributed by atoms with Gasteiger partial charge in [-0.3, -0.25) is 0 Å². The van der Waals surface area contributed by atoms with Gasteiger partial charge in [0.15, 0.2) is 6.10 Å². The van der Waals surface area contributed by atoms with Gasteiger partial charge in [0, 0.05) is 6.42 Å². The van der Waals surface area contributed by atoms with Crippen LogP contribution in [-0.4, -0.2) is 18.4 Å². The van der Waals surface area contributed by atoms with Gasteiger partial charge < -0.3 is 9.57 Å². The summed E-state index contributed by atoms with van der Waals surface area (Å²) in [7, 11) is 0. The fourth-order valence-corrected chi connectivity index (χ4v) is 1.36. The molecule has 0 radical (unpaired) electrons. The largest absolute Gasteiger partial charge is 0.490 e. The van der Waals surface area contributed by atoms with Gasteiger partial charge in [-0.15, -0.1) is 0 Å². The fourth-order valence-electron chi connectivity index (χ4n) is 1.36. The number of hydrogen-bond donors (Lipinski definition) is 0. The van der Waals surface area contributed by atoms with E-state index in [4.69, 9.17) is 9.57 Å². The highest BCUT2D eigenvalue weighted by Crippen LogP contribution is 2.13. The maximum absolute atomic E-state index is 5.54. The monoisotopic (exact) mass is 191 g/mol. The van der Waals surface area contributed by atoms with Crippen molar-refractivity contribution >= 4 is 5.71 Å². The molecular formula is C11H13NO2. The maximum atomic E-state index is 5.54. The van der Waals surface area contributed by atoms with Gasteiger partial charge in [0.1, 0.15) is 12.4 Å². The maximum Gasteiger partial charge on any atom is 0.166 e. The molecule has 2 rings (SSSR count). The Morgan fingerprint density at radius 3 is 2.86 bits per heavy atom. The second kappa shape index (κ2) is 4.13. The van der Waals surface area contributed by atoms with E-state index in [0.29, 0.717) is 6.61 Å². The zero-order chi connectivity index (χ0) is 9.80. The van der Waals surface area contributed by atoms with Gasteiger partial charge >= 0.3 is 0 Å². The van der Waals surface area contributed by atoms with Gasteiger partial charge in [-0.05, 0) is 19.1 Å². The Balaban J connectivity index is 1.79. The Kier molecular flexibility index (Phi) is 2.68. The third-order valence-corrected chi connectivity index (χ3v) is 2.06. The highest BCUT2D eigenvalue weighted by molar-refractivity contribution is 5.82. The summed E-state index contributed by atoms with van der Waals surface area (Å²) in [4.78, 5) is 5.15. The minimum absolute atomic E-state index is 0.0789. The van der Waals surface area contributed by atoms with Crippen LogP contribution in [0.4, 0.5) is 0 Å². The van der Waals surface area contributed by atoms with Crippen LogP contribution in [0.25, 0.3) is 0 Å². The average Bonchev–Trinajstić information content (AvgIpc) is 2.63. The topological polar surface area (TPSA) is 30.8 Å². The van der Waals surface area contributed by atoms with Crippen LogP contribution in [0.2, 0.25) is 0 Å². The molecule has 0 aromatic heterocycles. The predicted octanol–water partition coefficient (Wildman–Crippen LogP) is 2.23. The SMILES string of the molecule is CC1=NOC(COc2ccccc2)C1. The number of para-hydroxylation sites is 1. The molecule has 3 nitrogen and oxygen atoms in total. The number of oxime groups is 1. The Morgan fingerprint density at radius 2 is 2.21 bits per heavy atom. The van der Waals surface area contributed by atoms with Crippen molar-refractivity contribution in [2.75, 3.05) is 6.61 Å². The Labute approximate surface area is 83.3 Å². The summed E-state index contributed by atoms with van der Waals surface area (Å²) in [5, 5.41) is 3.87. The summed E-state index contributed by atoms with van der Waals surface area (Å²) in [6.45, 7) is 2.52. The van der Waals surface area contributed by atoms with Crippen molar-refractivity contribution in [3.05, 3.63) is 30.3 Å². The van der Waals surface area contributed by atoms with Gasteiger partial charge in [0.25, 0.3) is 0 Å². The molecule has 1 aromatic carbocycles. The number of hydrogen-bond acceptors (Lipinski definition) is 3. The highest BCUT2D eigenvalue weighted by atomic mass is 16.7. The normalized spacial score (nSPS) is 20.1. The molecule has 1 heterocycles. The van der Waals surface area contributed by atoms with E-state index in [1.54, 1.807) is 0 Å². The summed E-state index contributed by atoms with van der Waals surface area (Å²) in [6.07, 6.45) is 0.947. The zero-order valence-corrected chi connectivity index (χ0v) is 8.14. The van der Waals surface area contributed by atoms with Crippen LogP contribution in [0, 0.1) is 0 Å². The zero-order valence-electron chi connectivity index (χ0n) is 8.14. The van der Waals surface area contributed by atoms with E-state index in [0.717, 1.165) is 17.9 Å². The lowest BCUT2D eigenvalue weighted by Crippen LogP contribution is -2.17. The molecule has 0 saturated carbocycles. The van der Waals surface area contributed by atoms with E-state index < -0.39 is 0 Å². The quantitative estimate of drug-likeness (QED) is 0.733. The van der Waals surface area contributed by atoms with Crippen LogP contribution in [0.3, 0.4) is 0 Å². The van der Waals surface area contributed by atoms with Crippen molar-refractivity contribution in [3.8, 4) is 5.75 Å². The molecule has 74 valence electrons. The van der Waals surface area contributed by atoms with Crippen molar-refractivity contribution in [2.24, 2.45) is 5.16 Å². The van der Waals surface area contributed by atoms with Gasteiger partial charge in [-0.25, -0.2) is 0 Å². The summed E-state index contributed by atoms with van der Waals surface area (Å²) in [6, 6.07) is 9.73. The van der Waals surface area contributed by atoms with Crippen LogP contribution >= 0.6 is 0 Å². The lowest BCUT2D eigenvalue weighted by atomic mass is 10.2. The van der Waals surface area contributed by atoms with Gasteiger partial charge in [0.2, 0.25) is 0 Å². The van der Waals surface area contributed by atoms with Crippen molar-refractivity contribution in [2.45, 2.75) is 19.4 Å². The Morgan fingerprint density at radius 1 is 1.43 bits per heavy atom. The Hall–Kier alpha value is -1.51. The van der Waals surface area contributed by atoms with Crippen molar-refractivity contribution in [1.29, 1.82) is 0 Å². The molecule has 14 heavy (non-hydrogen) atoms. The summed E-state index contributed by atoms with van der Waals surface area (Å²) < 4.78 is 5.54. The second-order valence-corrected chi connectivity index (χ2v) is 3.38. The van der Waals surface area contributed by atoms with Crippen LogP contribution in [-0.2, 0) is 4.84 Å². The fraction of sp³-hybridized carbons (Fsp3) is 0.364. The molecule has 3 heteroatoms. The first-order valence-electron chi connectivity index (χ1n) is 4.72. The minimum Gasteiger partial charge on any atom is -0.490 e. The predicted molar refractivity (Wildman–Crippen MR) is 54.5 cm³/mol. The summed E-state index contributed by atoms with van der Waals surface area (Å²) >= 11 is 0. The number of nitrogens with zero attached hydrogens (tertiary/aromatic N) is 1. The molecule has 1 unspecified atom stereocenters. The first-order chi connectivity index (χ1) is 6.84. The lowest BCUT2D eigenvalue weighted by Gasteiger charge is -2.09. The van der Waals surface area contributed by atoms with Crippen molar-refractivity contribution in [1.82, 2.24) is 0 Å². The molecule has 0 spiro atoms. The molecule has 0 aliphatic carbocycles. The molecule has 0 bridgehead atoms. The highest BCUT2D eigenvalue weighted by Gasteiger charge is 2.18. The Bertz CT molecular complexity index is 321. The van der Waals surface area contributed by atoms with Gasteiger partial charge in [0.05, 0.1) is 5.71 Å². The molecule has 1 aliphatic heterocycles. The van der Waals surface area contributed by atoms with E-state index in [2.05, 4.69) is 5.16 Å². The molecule has 0 N–H and O–H groups in total. The van der Waals surface area contributed by atoms with E-state index in [-0.39, 0.29) is 6.10 Å². The van der Waals surface area contributed by atoms with E-state index in [1.807, 2.05) is 37.3 Å². The van der Waals surface area contributed by atoms with Crippen LogP contribution in [0.5, 0.6) is 5.75 Å². The molecular weight excluding hydrogens is 178 g/mol.